The first-order chi connectivity index (χ1) is 9.23. The van der Waals surface area contributed by atoms with Crippen molar-refractivity contribution >= 4 is 27.3 Å². The summed E-state index contributed by atoms with van der Waals surface area (Å²) in [5.41, 5.74) is 1.82. The van der Waals surface area contributed by atoms with Gasteiger partial charge in [-0.1, -0.05) is 13.0 Å². The fraction of sp³-hybridized carbons (Fsp3) is 0.462. The van der Waals surface area contributed by atoms with Gasteiger partial charge in [-0.3, -0.25) is 9.52 Å². The Morgan fingerprint density at radius 2 is 2.00 bits per heavy atom. The molecule has 0 heterocycles. The van der Waals surface area contributed by atoms with E-state index in [4.69, 9.17) is 0 Å². The average molecular weight is 299 g/mol. The van der Waals surface area contributed by atoms with Crippen molar-refractivity contribution in [2.45, 2.75) is 13.8 Å². The topological polar surface area (TPSA) is 87.3 Å². The molecule has 3 N–H and O–H groups in total. The number of amides is 1. The van der Waals surface area contributed by atoms with Crippen molar-refractivity contribution in [1.29, 1.82) is 0 Å². The van der Waals surface area contributed by atoms with Crippen LogP contribution in [0.4, 0.5) is 11.4 Å². The number of benzene rings is 1. The normalized spacial score (nSPS) is 12.8. The summed E-state index contributed by atoms with van der Waals surface area (Å²) in [4.78, 5) is 11.9. The van der Waals surface area contributed by atoms with E-state index < -0.39 is 10.0 Å². The zero-order chi connectivity index (χ0) is 15.3. The third kappa shape index (κ3) is 5.18. The van der Waals surface area contributed by atoms with Crippen molar-refractivity contribution in [3.8, 4) is 0 Å². The minimum absolute atomic E-state index is 0.117. The Balaban J connectivity index is 2.87. The molecule has 0 aliphatic heterocycles. The van der Waals surface area contributed by atoms with Crippen LogP contribution in [-0.4, -0.2) is 34.2 Å². The molecule has 0 radical (unpaired) electrons. The van der Waals surface area contributed by atoms with Gasteiger partial charge in [-0.15, -0.1) is 0 Å². The predicted molar refractivity (Wildman–Crippen MR) is 81.4 cm³/mol. The molecule has 1 atom stereocenters. The molecule has 1 rings (SSSR count). The average Bonchev–Trinajstić information content (AvgIpc) is 2.32. The van der Waals surface area contributed by atoms with Crippen LogP contribution in [0.5, 0.6) is 0 Å². The lowest BCUT2D eigenvalue weighted by Crippen LogP contribution is -2.28. The maximum atomic E-state index is 11.9. The lowest BCUT2D eigenvalue weighted by atomic mass is 10.1. The van der Waals surface area contributed by atoms with Crippen molar-refractivity contribution in [2.75, 3.05) is 29.9 Å². The largest absolute Gasteiger partial charge is 0.326 e. The fourth-order valence-corrected chi connectivity index (χ4v) is 2.29. The summed E-state index contributed by atoms with van der Waals surface area (Å²) in [7, 11) is -1.56. The Morgan fingerprint density at radius 3 is 2.55 bits per heavy atom. The fourth-order valence-electron chi connectivity index (χ4n) is 1.67. The van der Waals surface area contributed by atoms with Crippen molar-refractivity contribution in [3.05, 3.63) is 23.8 Å². The van der Waals surface area contributed by atoms with Gasteiger partial charge in [0, 0.05) is 18.2 Å². The summed E-state index contributed by atoms with van der Waals surface area (Å²) >= 11 is 0. The molecule has 6 nitrogen and oxygen atoms in total. The van der Waals surface area contributed by atoms with Crippen LogP contribution in [0.15, 0.2) is 18.2 Å². The van der Waals surface area contributed by atoms with Crippen molar-refractivity contribution in [2.24, 2.45) is 5.92 Å². The van der Waals surface area contributed by atoms with E-state index in [0.717, 1.165) is 11.8 Å². The number of carbonyl (C=O) groups is 1. The molecule has 1 amide bonds. The molecule has 1 aromatic rings. The first kappa shape index (κ1) is 16.5. The summed E-state index contributed by atoms with van der Waals surface area (Å²) in [6, 6.07) is 5.11. The number of carbonyl (C=O) groups excluding carboxylic acids is 1. The summed E-state index contributed by atoms with van der Waals surface area (Å²) in [6.45, 7) is 4.19. The van der Waals surface area contributed by atoms with Gasteiger partial charge in [0.25, 0.3) is 0 Å². The minimum atomic E-state index is -3.34. The molecule has 0 aliphatic rings. The van der Waals surface area contributed by atoms with Gasteiger partial charge in [0.1, 0.15) is 0 Å². The number of rotatable bonds is 6. The zero-order valence-electron chi connectivity index (χ0n) is 12.1. The highest BCUT2D eigenvalue weighted by Gasteiger charge is 2.13. The van der Waals surface area contributed by atoms with E-state index in [2.05, 4.69) is 15.4 Å². The molecule has 0 saturated carbocycles. The first-order valence-electron chi connectivity index (χ1n) is 6.27. The van der Waals surface area contributed by atoms with Gasteiger partial charge in [-0.25, -0.2) is 8.42 Å². The second-order valence-electron chi connectivity index (χ2n) is 4.85. The second-order valence-corrected chi connectivity index (χ2v) is 6.60. The number of nitrogens with one attached hydrogen (secondary N) is 3. The van der Waals surface area contributed by atoms with E-state index in [0.29, 0.717) is 17.9 Å². The number of hydrogen-bond acceptors (Lipinski definition) is 4. The highest BCUT2D eigenvalue weighted by molar-refractivity contribution is 7.92. The summed E-state index contributed by atoms with van der Waals surface area (Å²) < 4.78 is 25.0. The Morgan fingerprint density at radius 1 is 1.35 bits per heavy atom. The van der Waals surface area contributed by atoms with Gasteiger partial charge in [-0.2, -0.15) is 0 Å². The summed E-state index contributed by atoms with van der Waals surface area (Å²) in [5.74, 6) is -0.291. The van der Waals surface area contributed by atoms with E-state index in [1.807, 2.05) is 6.92 Å². The monoisotopic (exact) mass is 299 g/mol. The van der Waals surface area contributed by atoms with E-state index in [-0.39, 0.29) is 11.8 Å². The maximum absolute atomic E-state index is 11.9. The second kappa shape index (κ2) is 6.71. The predicted octanol–water partition coefficient (Wildman–Crippen LogP) is 1.16. The molecule has 1 unspecified atom stereocenters. The zero-order valence-corrected chi connectivity index (χ0v) is 13.0. The third-order valence-corrected chi connectivity index (χ3v) is 3.35. The SMILES string of the molecule is CNCC(C)C(=O)Nc1ccc(C)c(NS(C)(=O)=O)c1. The number of sulfonamides is 1. The van der Waals surface area contributed by atoms with Crippen molar-refractivity contribution < 1.29 is 13.2 Å². The maximum Gasteiger partial charge on any atom is 0.229 e. The van der Waals surface area contributed by atoms with Crippen molar-refractivity contribution in [1.82, 2.24) is 5.32 Å². The van der Waals surface area contributed by atoms with Crippen LogP contribution in [-0.2, 0) is 14.8 Å². The van der Waals surface area contributed by atoms with E-state index in [1.54, 1.807) is 32.2 Å². The van der Waals surface area contributed by atoms with Crippen LogP contribution in [0.3, 0.4) is 0 Å². The van der Waals surface area contributed by atoms with Gasteiger partial charge >= 0.3 is 0 Å². The quantitative estimate of drug-likeness (QED) is 0.735. The number of aryl methyl sites for hydroxylation is 1. The molecule has 0 aromatic heterocycles. The molecular formula is C13H21N3O3S. The van der Waals surface area contributed by atoms with Gasteiger partial charge in [0.05, 0.1) is 11.9 Å². The Bertz CT molecular complexity index is 585. The van der Waals surface area contributed by atoms with Crippen LogP contribution in [0.25, 0.3) is 0 Å². The lowest BCUT2D eigenvalue weighted by molar-refractivity contribution is -0.119. The standard InChI is InChI=1S/C13H21N3O3S/c1-9-5-6-11(7-12(9)16-20(4,18)19)15-13(17)10(2)8-14-3/h5-7,10,14,16H,8H2,1-4H3,(H,15,17). The molecule has 0 saturated heterocycles. The Kier molecular flexibility index (Phi) is 5.52. The van der Waals surface area contributed by atoms with E-state index >= 15 is 0 Å². The highest BCUT2D eigenvalue weighted by atomic mass is 32.2. The summed E-state index contributed by atoms with van der Waals surface area (Å²) in [5, 5.41) is 5.70. The molecule has 0 bridgehead atoms. The number of anilines is 2. The molecule has 20 heavy (non-hydrogen) atoms. The van der Waals surface area contributed by atoms with Gasteiger partial charge < -0.3 is 10.6 Å². The molecule has 0 fully saturated rings. The van der Waals surface area contributed by atoms with Crippen LogP contribution < -0.4 is 15.4 Å². The van der Waals surface area contributed by atoms with Crippen LogP contribution in [0, 0.1) is 12.8 Å². The highest BCUT2D eigenvalue weighted by Crippen LogP contribution is 2.21. The third-order valence-electron chi connectivity index (χ3n) is 2.76. The van der Waals surface area contributed by atoms with Crippen LogP contribution in [0.1, 0.15) is 12.5 Å². The van der Waals surface area contributed by atoms with Crippen LogP contribution in [0.2, 0.25) is 0 Å². The first-order valence-corrected chi connectivity index (χ1v) is 8.16. The molecular weight excluding hydrogens is 278 g/mol. The van der Waals surface area contributed by atoms with E-state index in [1.165, 1.54) is 0 Å². The van der Waals surface area contributed by atoms with E-state index in [9.17, 15) is 13.2 Å². The van der Waals surface area contributed by atoms with Crippen LogP contribution >= 0.6 is 0 Å². The smallest absolute Gasteiger partial charge is 0.229 e. The molecule has 112 valence electrons. The van der Waals surface area contributed by atoms with Crippen molar-refractivity contribution in [3.63, 3.8) is 0 Å². The molecule has 1 aromatic carbocycles. The Labute approximate surface area is 120 Å². The molecule has 0 aliphatic carbocycles. The lowest BCUT2D eigenvalue weighted by Gasteiger charge is -2.14. The van der Waals surface area contributed by atoms with Gasteiger partial charge in [0.2, 0.25) is 15.9 Å². The Hall–Kier alpha value is -1.60. The summed E-state index contributed by atoms with van der Waals surface area (Å²) in [6.07, 6.45) is 1.09. The molecule has 0 spiro atoms. The minimum Gasteiger partial charge on any atom is -0.326 e. The van der Waals surface area contributed by atoms with Gasteiger partial charge in [-0.05, 0) is 31.7 Å². The van der Waals surface area contributed by atoms with Gasteiger partial charge in [0.15, 0.2) is 0 Å². The molecule has 7 heteroatoms. The number of hydrogen-bond donors (Lipinski definition) is 3.